The van der Waals surface area contributed by atoms with E-state index >= 15 is 0 Å². The third-order valence-electron chi connectivity index (χ3n) is 4.59. The summed E-state index contributed by atoms with van der Waals surface area (Å²) in [6, 6.07) is 1.40. The number of nitrogens with one attached hydrogen (secondary N) is 1. The fourth-order valence-corrected chi connectivity index (χ4v) is 3.24. The van der Waals surface area contributed by atoms with Crippen molar-refractivity contribution in [2.75, 3.05) is 12.4 Å². The van der Waals surface area contributed by atoms with E-state index in [1.54, 1.807) is 35.1 Å². The van der Waals surface area contributed by atoms with Crippen molar-refractivity contribution in [3.63, 3.8) is 0 Å². The van der Waals surface area contributed by atoms with E-state index < -0.39 is 0 Å². The standard InChI is InChI=1S/C16H22N6O2/c1-4-22-12(7-8-18-22)19-16(24)11-5-6-13(23)21(3)14(11)15-17-9-10-20(15)2/h7-11,14H,4-6H2,1-3H3,(H,19,24)/t11-,14-/m0/s1. The van der Waals surface area contributed by atoms with Crippen LogP contribution in [-0.4, -0.2) is 43.1 Å². The van der Waals surface area contributed by atoms with Gasteiger partial charge in [-0.15, -0.1) is 0 Å². The highest BCUT2D eigenvalue weighted by Crippen LogP contribution is 2.35. The largest absolute Gasteiger partial charge is 0.336 e. The number of hydrogen-bond acceptors (Lipinski definition) is 4. The number of anilines is 1. The van der Waals surface area contributed by atoms with Crippen molar-refractivity contribution in [2.45, 2.75) is 32.4 Å². The van der Waals surface area contributed by atoms with Crippen molar-refractivity contribution in [3.05, 3.63) is 30.5 Å². The summed E-state index contributed by atoms with van der Waals surface area (Å²) >= 11 is 0. The summed E-state index contributed by atoms with van der Waals surface area (Å²) in [6.45, 7) is 2.64. The highest BCUT2D eigenvalue weighted by Gasteiger charge is 2.41. The van der Waals surface area contributed by atoms with Crippen LogP contribution < -0.4 is 5.32 Å². The van der Waals surface area contributed by atoms with Crippen LogP contribution in [0.15, 0.2) is 24.7 Å². The Bertz CT molecular complexity index is 749. The van der Waals surface area contributed by atoms with Gasteiger partial charge in [0.05, 0.1) is 12.1 Å². The average Bonchev–Trinajstić information content (AvgIpc) is 3.18. The summed E-state index contributed by atoms with van der Waals surface area (Å²) in [7, 11) is 3.60. The van der Waals surface area contributed by atoms with Crippen LogP contribution in [-0.2, 0) is 23.2 Å². The fourth-order valence-electron chi connectivity index (χ4n) is 3.24. The number of aromatic nitrogens is 4. The highest BCUT2D eigenvalue weighted by atomic mass is 16.2. The Hall–Kier alpha value is -2.64. The molecule has 3 heterocycles. The summed E-state index contributed by atoms with van der Waals surface area (Å²) in [5.41, 5.74) is 0. The lowest BCUT2D eigenvalue weighted by Crippen LogP contribution is -2.45. The molecule has 2 aromatic heterocycles. The van der Waals surface area contributed by atoms with Crippen LogP contribution in [0.25, 0.3) is 0 Å². The van der Waals surface area contributed by atoms with E-state index in [1.165, 1.54) is 0 Å². The molecule has 1 saturated heterocycles. The maximum atomic E-state index is 12.9. The second-order valence-corrected chi connectivity index (χ2v) is 6.01. The molecule has 3 rings (SSSR count). The van der Waals surface area contributed by atoms with Crippen molar-refractivity contribution in [1.82, 2.24) is 24.2 Å². The summed E-state index contributed by atoms with van der Waals surface area (Å²) in [6.07, 6.45) is 6.04. The average molecular weight is 330 g/mol. The van der Waals surface area contributed by atoms with Crippen molar-refractivity contribution in [3.8, 4) is 0 Å². The van der Waals surface area contributed by atoms with Crippen molar-refractivity contribution < 1.29 is 9.59 Å². The van der Waals surface area contributed by atoms with Gasteiger partial charge in [0.15, 0.2) is 0 Å². The second-order valence-electron chi connectivity index (χ2n) is 6.01. The van der Waals surface area contributed by atoms with E-state index in [0.29, 0.717) is 25.2 Å². The predicted octanol–water partition coefficient (Wildman–Crippen LogP) is 1.18. The maximum absolute atomic E-state index is 12.9. The number of carbonyl (C=O) groups excluding carboxylic acids is 2. The minimum atomic E-state index is -0.371. The minimum Gasteiger partial charge on any atom is -0.336 e. The number of likely N-dealkylation sites (tertiary alicyclic amines) is 1. The number of carbonyl (C=O) groups is 2. The van der Waals surface area contributed by atoms with Gasteiger partial charge in [0, 0.05) is 45.5 Å². The lowest BCUT2D eigenvalue weighted by molar-refractivity contribution is -0.140. The van der Waals surface area contributed by atoms with Crippen molar-refractivity contribution in [1.29, 1.82) is 0 Å². The van der Waals surface area contributed by atoms with Crippen LogP contribution in [0.2, 0.25) is 0 Å². The van der Waals surface area contributed by atoms with Crippen LogP contribution in [0, 0.1) is 5.92 Å². The zero-order chi connectivity index (χ0) is 17.3. The molecule has 2 atom stereocenters. The van der Waals surface area contributed by atoms with Gasteiger partial charge < -0.3 is 14.8 Å². The van der Waals surface area contributed by atoms with E-state index in [4.69, 9.17) is 0 Å². The molecule has 0 saturated carbocycles. The number of imidazole rings is 1. The van der Waals surface area contributed by atoms with Gasteiger partial charge in [-0.1, -0.05) is 0 Å². The SMILES string of the molecule is CCn1nccc1NC(=O)[C@H]1CCC(=O)N(C)[C@@H]1c1nccn1C. The molecule has 1 aliphatic rings. The first-order valence-electron chi connectivity index (χ1n) is 8.08. The monoisotopic (exact) mass is 330 g/mol. The number of hydrogen-bond donors (Lipinski definition) is 1. The smallest absolute Gasteiger partial charge is 0.231 e. The van der Waals surface area contributed by atoms with Crippen LogP contribution >= 0.6 is 0 Å². The topological polar surface area (TPSA) is 85.1 Å². The third-order valence-corrected chi connectivity index (χ3v) is 4.59. The summed E-state index contributed by atoms with van der Waals surface area (Å²) in [5.74, 6) is 0.951. The number of rotatable bonds is 4. The molecule has 8 nitrogen and oxygen atoms in total. The zero-order valence-corrected chi connectivity index (χ0v) is 14.1. The molecule has 2 amide bonds. The lowest BCUT2D eigenvalue weighted by atomic mass is 9.87. The first-order chi connectivity index (χ1) is 11.5. The molecule has 1 aliphatic heterocycles. The maximum Gasteiger partial charge on any atom is 0.231 e. The fraction of sp³-hybridized carbons (Fsp3) is 0.500. The van der Waals surface area contributed by atoms with Crippen LogP contribution in [0.1, 0.15) is 31.6 Å². The molecule has 0 spiro atoms. The zero-order valence-electron chi connectivity index (χ0n) is 14.1. The summed E-state index contributed by atoms with van der Waals surface area (Å²) < 4.78 is 3.59. The Morgan fingerprint density at radius 1 is 1.38 bits per heavy atom. The Balaban J connectivity index is 1.88. The van der Waals surface area contributed by atoms with E-state index in [0.717, 1.165) is 5.82 Å². The number of amides is 2. The minimum absolute atomic E-state index is 0.0330. The van der Waals surface area contributed by atoms with Gasteiger partial charge in [-0.3, -0.25) is 9.59 Å². The summed E-state index contributed by atoms with van der Waals surface area (Å²) in [4.78, 5) is 31.0. The Kier molecular flexibility index (Phi) is 4.37. The highest BCUT2D eigenvalue weighted by molar-refractivity contribution is 5.94. The molecule has 1 N–H and O–H groups in total. The Morgan fingerprint density at radius 2 is 2.17 bits per heavy atom. The van der Waals surface area contributed by atoms with Crippen molar-refractivity contribution in [2.24, 2.45) is 13.0 Å². The molecule has 0 aromatic carbocycles. The first-order valence-corrected chi connectivity index (χ1v) is 8.08. The first kappa shape index (κ1) is 16.2. The number of nitrogens with zero attached hydrogens (tertiary/aromatic N) is 5. The quantitative estimate of drug-likeness (QED) is 0.912. The van der Waals surface area contributed by atoms with Crippen LogP contribution in [0.4, 0.5) is 5.82 Å². The molecular weight excluding hydrogens is 308 g/mol. The Morgan fingerprint density at radius 3 is 2.83 bits per heavy atom. The predicted molar refractivity (Wildman–Crippen MR) is 88.0 cm³/mol. The molecule has 0 aliphatic carbocycles. The molecule has 128 valence electrons. The molecule has 2 aromatic rings. The van der Waals surface area contributed by atoms with E-state index in [-0.39, 0.29) is 23.8 Å². The van der Waals surface area contributed by atoms with Crippen molar-refractivity contribution >= 4 is 17.6 Å². The second kappa shape index (κ2) is 6.46. The molecular formula is C16H22N6O2. The van der Waals surface area contributed by atoms with Gasteiger partial charge >= 0.3 is 0 Å². The Labute approximate surface area is 140 Å². The van der Waals surface area contributed by atoms with Gasteiger partial charge in [0.25, 0.3) is 0 Å². The summed E-state index contributed by atoms with van der Waals surface area (Å²) in [5, 5.41) is 7.11. The van der Waals surface area contributed by atoms with E-state index in [9.17, 15) is 9.59 Å². The molecule has 0 bridgehead atoms. The molecule has 1 fully saturated rings. The van der Waals surface area contributed by atoms with Gasteiger partial charge in [-0.25, -0.2) is 9.67 Å². The number of aryl methyl sites for hydroxylation is 2. The lowest BCUT2D eigenvalue weighted by Gasteiger charge is -2.37. The third kappa shape index (κ3) is 2.79. The van der Waals surface area contributed by atoms with Crippen LogP contribution in [0.5, 0.6) is 0 Å². The van der Waals surface area contributed by atoms with Gasteiger partial charge in [0.2, 0.25) is 11.8 Å². The molecule has 0 unspecified atom stereocenters. The molecule has 8 heteroatoms. The van der Waals surface area contributed by atoms with E-state index in [2.05, 4.69) is 15.4 Å². The molecule has 0 radical (unpaired) electrons. The molecule has 24 heavy (non-hydrogen) atoms. The van der Waals surface area contributed by atoms with Crippen LogP contribution in [0.3, 0.4) is 0 Å². The van der Waals surface area contributed by atoms with E-state index in [1.807, 2.05) is 24.7 Å². The van der Waals surface area contributed by atoms with Gasteiger partial charge in [-0.05, 0) is 13.3 Å². The van der Waals surface area contributed by atoms with Gasteiger partial charge in [-0.2, -0.15) is 5.10 Å². The number of piperidine rings is 1. The normalized spacial score (nSPS) is 21.1. The van der Waals surface area contributed by atoms with Gasteiger partial charge in [0.1, 0.15) is 17.7 Å².